The standard InChI is InChI=1S/C24H25N5O3/c1-28-22-21(23(31)27-24(28)32)25-19(26-22)12-13-20(30)29(16-18-10-6-3-7-11-18)15-14-17-8-4-2-5-9-17/h2-11H,12-16H2,1H3,(H,25,26)(H,27,31,32). The van der Waals surface area contributed by atoms with Crippen LogP contribution in [0.3, 0.4) is 0 Å². The third-order valence-electron chi connectivity index (χ3n) is 5.46. The lowest BCUT2D eigenvalue weighted by molar-refractivity contribution is -0.131. The SMILES string of the molecule is Cn1c(=O)[nH]c(=O)c2[nH]c(CCC(=O)N(CCc3ccccc3)Cc3ccccc3)nc21. The Bertz CT molecular complexity index is 1320. The van der Waals surface area contributed by atoms with Crippen LogP contribution in [0.15, 0.2) is 70.3 Å². The van der Waals surface area contributed by atoms with Gasteiger partial charge in [-0.25, -0.2) is 9.78 Å². The van der Waals surface area contributed by atoms with E-state index in [9.17, 15) is 14.4 Å². The molecule has 0 atom stereocenters. The topological polar surface area (TPSA) is 104 Å². The summed E-state index contributed by atoms with van der Waals surface area (Å²) in [6.07, 6.45) is 1.35. The van der Waals surface area contributed by atoms with Gasteiger partial charge in [0, 0.05) is 33.0 Å². The molecule has 32 heavy (non-hydrogen) atoms. The van der Waals surface area contributed by atoms with Gasteiger partial charge in [-0.15, -0.1) is 0 Å². The first kappa shape index (κ1) is 21.3. The molecule has 1 amide bonds. The Kier molecular flexibility index (Phi) is 6.30. The van der Waals surface area contributed by atoms with Crippen LogP contribution in [0.4, 0.5) is 0 Å². The van der Waals surface area contributed by atoms with Crippen molar-refractivity contribution in [3.05, 3.63) is 98.5 Å². The molecule has 8 heteroatoms. The summed E-state index contributed by atoms with van der Waals surface area (Å²) in [4.78, 5) is 48.3. The molecule has 0 radical (unpaired) electrons. The Hall–Kier alpha value is -3.94. The van der Waals surface area contributed by atoms with Gasteiger partial charge in [-0.05, 0) is 17.5 Å². The third kappa shape index (κ3) is 4.85. The number of benzene rings is 2. The van der Waals surface area contributed by atoms with E-state index >= 15 is 0 Å². The quantitative estimate of drug-likeness (QED) is 0.446. The fourth-order valence-corrected chi connectivity index (χ4v) is 3.66. The average Bonchev–Trinajstić information content (AvgIpc) is 3.25. The number of aryl methyl sites for hydroxylation is 2. The van der Waals surface area contributed by atoms with E-state index in [1.54, 1.807) is 7.05 Å². The molecule has 2 aromatic heterocycles. The Morgan fingerprint density at radius 1 is 0.938 bits per heavy atom. The van der Waals surface area contributed by atoms with Crippen LogP contribution in [-0.2, 0) is 31.2 Å². The summed E-state index contributed by atoms with van der Waals surface area (Å²) in [5.41, 5.74) is 1.73. The van der Waals surface area contributed by atoms with Gasteiger partial charge >= 0.3 is 5.69 Å². The molecular weight excluding hydrogens is 406 g/mol. The number of fused-ring (bicyclic) bond motifs is 1. The van der Waals surface area contributed by atoms with Gasteiger partial charge in [-0.2, -0.15) is 0 Å². The fraction of sp³-hybridized carbons (Fsp3) is 0.250. The molecule has 2 heterocycles. The van der Waals surface area contributed by atoms with E-state index in [1.807, 2.05) is 53.4 Å². The highest BCUT2D eigenvalue weighted by atomic mass is 16.2. The van der Waals surface area contributed by atoms with Gasteiger partial charge in [0.05, 0.1) is 0 Å². The molecule has 0 saturated carbocycles. The molecule has 0 spiro atoms. The summed E-state index contributed by atoms with van der Waals surface area (Å²) in [6.45, 7) is 1.13. The fourth-order valence-electron chi connectivity index (χ4n) is 3.66. The number of hydrogen-bond acceptors (Lipinski definition) is 4. The maximum Gasteiger partial charge on any atom is 0.329 e. The van der Waals surface area contributed by atoms with Gasteiger partial charge in [-0.1, -0.05) is 60.7 Å². The van der Waals surface area contributed by atoms with Crippen molar-refractivity contribution in [3.63, 3.8) is 0 Å². The number of aromatic nitrogens is 4. The van der Waals surface area contributed by atoms with Crippen LogP contribution < -0.4 is 11.2 Å². The molecule has 0 aliphatic carbocycles. The number of rotatable bonds is 8. The minimum absolute atomic E-state index is 0.00744. The van der Waals surface area contributed by atoms with E-state index in [0.29, 0.717) is 25.3 Å². The minimum atomic E-state index is -0.522. The molecule has 0 aliphatic heterocycles. The number of carbonyl (C=O) groups excluding carboxylic acids is 1. The summed E-state index contributed by atoms with van der Waals surface area (Å²) in [5.74, 6) is 0.510. The van der Waals surface area contributed by atoms with Crippen LogP contribution >= 0.6 is 0 Å². The maximum atomic E-state index is 13.1. The average molecular weight is 431 g/mol. The first-order valence-electron chi connectivity index (χ1n) is 10.5. The Balaban J connectivity index is 1.48. The first-order chi connectivity index (χ1) is 15.5. The van der Waals surface area contributed by atoms with Crippen molar-refractivity contribution < 1.29 is 4.79 Å². The van der Waals surface area contributed by atoms with Crippen molar-refractivity contribution in [2.75, 3.05) is 6.54 Å². The largest absolute Gasteiger partial charge is 0.338 e. The number of carbonyl (C=O) groups is 1. The van der Waals surface area contributed by atoms with Crippen LogP contribution in [-0.4, -0.2) is 36.9 Å². The van der Waals surface area contributed by atoms with Crippen LogP contribution in [0.5, 0.6) is 0 Å². The van der Waals surface area contributed by atoms with E-state index in [2.05, 4.69) is 27.1 Å². The normalized spacial score (nSPS) is 11.0. The van der Waals surface area contributed by atoms with Crippen molar-refractivity contribution in [1.82, 2.24) is 24.4 Å². The molecule has 4 aromatic rings. The number of imidazole rings is 1. The maximum absolute atomic E-state index is 13.1. The van der Waals surface area contributed by atoms with Crippen molar-refractivity contribution in [1.29, 1.82) is 0 Å². The molecule has 0 aliphatic rings. The Morgan fingerprint density at radius 2 is 1.59 bits per heavy atom. The number of aromatic amines is 2. The predicted molar refractivity (Wildman–Crippen MR) is 122 cm³/mol. The zero-order chi connectivity index (χ0) is 22.5. The molecule has 0 saturated heterocycles. The molecule has 0 bridgehead atoms. The van der Waals surface area contributed by atoms with E-state index < -0.39 is 11.2 Å². The highest BCUT2D eigenvalue weighted by Gasteiger charge is 2.16. The van der Waals surface area contributed by atoms with Crippen molar-refractivity contribution >= 4 is 17.1 Å². The van der Waals surface area contributed by atoms with E-state index in [-0.39, 0.29) is 23.5 Å². The van der Waals surface area contributed by atoms with Crippen LogP contribution in [0.2, 0.25) is 0 Å². The second-order valence-electron chi connectivity index (χ2n) is 7.74. The highest BCUT2D eigenvalue weighted by molar-refractivity contribution is 5.76. The van der Waals surface area contributed by atoms with E-state index in [1.165, 1.54) is 10.1 Å². The van der Waals surface area contributed by atoms with Gasteiger partial charge in [0.25, 0.3) is 5.56 Å². The lowest BCUT2D eigenvalue weighted by Crippen LogP contribution is -2.32. The monoisotopic (exact) mass is 431 g/mol. The van der Waals surface area contributed by atoms with Gasteiger partial charge < -0.3 is 9.88 Å². The zero-order valence-electron chi connectivity index (χ0n) is 17.9. The molecular formula is C24H25N5O3. The van der Waals surface area contributed by atoms with E-state index in [4.69, 9.17) is 0 Å². The number of H-pyrrole nitrogens is 2. The van der Waals surface area contributed by atoms with E-state index in [0.717, 1.165) is 12.0 Å². The van der Waals surface area contributed by atoms with Crippen LogP contribution in [0.25, 0.3) is 11.2 Å². The predicted octanol–water partition coefficient (Wildman–Crippen LogP) is 2.15. The van der Waals surface area contributed by atoms with Crippen molar-refractivity contribution in [2.24, 2.45) is 7.05 Å². The number of hydrogen-bond donors (Lipinski definition) is 2. The Morgan fingerprint density at radius 3 is 2.28 bits per heavy atom. The smallest absolute Gasteiger partial charge is 0.329 e. The molecule has 2 N–H and O–H groups in total. The second kappa shape index (κ2) is 9.47. The summed E-state index contributed by atoms with van der Waals surface area (Å²) in [7, 11) is 1.54. The number of nitrogens with zero attached hydrogens (tertiary/aromatic N) is 3. The summed E-state index contributed by atoms with van der Waals surface area (Å²) >= 11 is 0. The zero-order valence-corrected chi connectivity index (χ0v) is 17.9. The number of nitrogens with one attached hydrogen (secondary N) is 2. The molecule has 0 unspecified atom stereocenters. The lowest BCUT2D eigenvalue weighted by atomic mass is 10.1. The summed E-state index contributed by atoms with van der Waals surface area (Å²) < 4.78 is 1.28. The molecule has 8 nitrogen and oxygen atoms in total. The summed E-state index contributed by atoms with van der Waals surface area (Å²) in [6, 6.07) is 20.0. The minimum Gasteiger partial charge on any atom is -0.338 e. The highest BCUT2D eigenvalue weighted by Crippen LogP contribution is 2.11. The number of amides is 1. The summed E-state index contributed by atoms with van der Waals surface area (Å²) in [5, 5.41) is 0. The van der Waals surface area contributed by atoms with Crippen LogP contribution in [0, 0.1) is 0 Å². The van der Waals surface area contributed by atoms with Gasteiger partial charge in [0.2, 0.25) is 5.91 Å². The Labute approximate surface area is 184 Å². The molecule has 2 aromatic carbocycles. The molecule has 4 rings (SSSR count). The first-order valence-corrected chi connectivity index (χ1v) is 10.5. The van der Waals surface area contributed by atoms with Gasteiger partial charge in [0.1, 0.15) is 11.3 Å². The second-order valence-corrected chi connectivity index (χ2v) is 7.74. The van der Waals surface area contributed by atoms with Crippen molar-refractivity contribution in [2.45, 2.75) is 25.8 Å². The van der Waals surface area contributed by atoms with Gasteiger partial charge in [0.15, 0.2) is 5.65 Å². The third-order valence-corrected chi connectivity index (χ3v) is 5.46. The molecule has 164 valence electrons. The van der Waals surface area contributed by atoms with Crippen LogP contribution in [0.1, 0.15) is 23.4 Å². The van der Waals surface area contributed by atoms with Crippen molar-refractivity contribution in [3.8, 4) is 0 Å². The molecule has 0 fully saturated rings. The lowest BCUT2D eigenvalue weighted by Gasteiger charge is -2.23. The van der Waals surface area contributed by atoms with Gasteiger partial charge in [-0.3, -0.25) is 19.1 Å².